The fourth-order valence-corrected chi connectivity index (χ4v) is 3.72. The Hall–Kier alpha value is -3.72. The van der Waals surface area contributed by atoms with Gasteiger partial charge in [-0.25, -0.2) is 4.98 Å². The molecule has 9 heteroatoms. The molecule has 0 aliphatic rings. The molecule has 0 fully saturated rings. The smallest absolute Gasteiger partial charge is 0.181 e. The Bertz CT molecular complexity index is 1240. The number of fused-ring (bicyclic) bond motifs is 1. The molecule has 0 radical (unpaired) electrons. The predicted octanol–water partition coefficient (Wildman–Crippen LogP) is 3.47. The second kappa shape index (κ2) is 7.72. The molecular weight excluding hydrogens is 386 g/mol. The average molecular weight is 405 g/mol. The van der Waals surface area contributed by atoms with Gasteiger partial charge in [-0.05, 0) is 18.2 Å². The summed E-state index contributed by atoms with van der Waals surface area (Å²) in [4.78, 5) is 13.0. The number of benzene rings is 1. The summed E-state index contributed by atoms with van der Waals surface area (Å²) in [5, 5.41) is 4.76. The zero-order valence-corrected chi connectivity index (χ0v) is 16.7. The van der Waals surface area contributed by atoms with Crippen LogP contribution in [0.25, 0.3) is 27.0 Å². The van der Waals surface area contributed by atoms with E-state index in [0.717, 1.165) is 32.6 Å². The van der Waals surface area contributed by atoms with Crippen LogP contribution in [0.4, 0.5) is 5.13 Å². The highest BCUT2D eigenvalue weighted by molar-refractivity contribution is 7.22. The second-order valence-electron chi connectivity index (χ2n) is 6.26. The molecule has 4 aromatic rings. The molecule has 3 heterocycles. The van der Waals surface area contributed by atoms with Gasteiger partial charge in [0, 0.05) is 55.5 Å². The van der Waals surface area contributed by atoms with E-state index in [0.29, 0.717) is 16.6 Å². The summed E-state index contributed by atoms with van der Waals surface area (Å²) in [5.41, 5.74) is 15.6. The van der Waals surface area contributed by atoms with Crippen molar-refractivity contribution in [3.8, 4) is 22.8 Å². The van der Waals surface area contributed by atoms with Gasteiger partial charge in [0.1, 0.15) is 11.5 Å². The van der Waals surface area contributed by atoms with Crippen LogP contribution in [0, 0.1) is 0 Å². The van der Waals surface area contributed by atoms with E-state index >= 15 is 0 Å². The Morgan fingerprint density at radius 2 is 2.10 bits per heavy atom. The van der Waals surface area contributed by atoms with Crippen LogP contribution >= 0.6 is 11.3 Å². The van der Waals surface area contributed by atoms with Gasteiger partial charge in [-0.1, -0.05) is 11.3 Å². The number of aryl methyl sites for hydroxylation is 1. The number of hydrogen-bond acceptors (Lipinski definition) is 8. The highest BCUT2D eigenvalue weighted by Gasteiger charge is 2.14. The lowest BCUT2D eigenvalue weighted by Gasteiger charge is -2.11. The molecule has 0 unspecified atom stereocenters. The SMILES string of the molecule is CN=C/C(=C\N)c1cc(Oc2ccc3nc(N)sc3c2)cnc1-c1cnn(C)c1. The Kier molecular flexibility index (Phi) is 4.96. The molecule has 0 spiro atoms. The van der Waals surface area contributed by atoms with E-state index in [-0.39, 0.29) is 0 Å². The van der Waals surface area contributed by atoms with Crippen LogP contribution in [-0.4, -0.2) is 33.0 Å². The van der Waals surface area contributed by atoms with E-state index in [1.807, 2.05) is 37.5 Å². The lowest BCUT2D eigenvalue weighted by atomic mass is 10.0. The minimum Gasteiger partial charge on any atom is -0.456 e. The van der Waals surface area contributed by atoms with Crippen molar-refractivity contribution < 1.29 is 4.74 Å². The van der Waals surface area contributed by atoms with Gasteiger partial charge in [0.2, 0.25) is 0 Å². The number of nitrogens with zero attached hydrogens (tertiary/aromatic N) is 5. The van der Waals surface area contributed by atoms with Crippen LogP contribution in [0.1, 0.15) is 5.56 Å². The Morgan fingerprint density at radius 3 is 2.83 bits per heavy atom. The maximum absolute atomic E-state index is 6.05. The molecule has 1 aromatic carbocycles. The number of hydrogen-bond donors (Lipinski definition) is 2. The van der Waals surface area contributed by atoms with Crippen LogP contribution in [0.3, 0.4) is 0 Å². The standard InChI is InChI=1S/C20H19N7OS/c1-23-8-12(7-21)16-5-15(10-24-19(16)13-9-25-27(2)11-13)28-14-3-4-17-18(6-14)29-20(22)26-17/h3-11H,21H2,1-2H3,(H2,22,26)/b12-7+,23-8?. The van der Waals surface area contributed by atoms with E-state index in [1.54, 1.807) is 30.3 Å². The molecule has 0 aliphatic carbocycles. The first kappa shape index (κ1) is 18.6. The Labute approximate surface area is 171 Å². The number of thiazole rings is 1. The van der Waals surface area contributed by atoms with Crippen molar-refractivity contribution in [1.29, 1.82) is 0 Å². The molecular formula is C20H19N7OS. The summed E-state index contributed by atoms with van der Waals surface area (Å²) in [6, 6.07) is 7.53. The molecule has 29 heavy (non-hydrogen) atoms. The molecule has 0 bridgehead atoms. The molecule has 0 saturated carbocycles. The van der Waals surface area contributed by atoms with Crippen molar-refractivity contribution in [2.24, 2.45) is 17.8 Å². The Morgan fingerprint density at radius 1 is 1.24 bits per heavy atom. The summed E-state index contributed by atoms with van der Waals surface area (Å²) >= 11 is 1.42. The maximum atomic E-state index is 6.05. The highest BCUT2D eigenvalue weighted by atomic mass is 32.1. The van der Waals surface area contributed by atoms with Gasteiger partial charge in [-0.2, -0.15) is 5.10 Å². The van der Waals surface area contributed by atoms with Crippen LogP contribution < -0.4 is 16.2 Å². The van der Waals surface area contributed by atoms with Crippen LogP contribution in [-0.2, 0) is 7.05 Å². The number of nitrogen functional groups attached to an aromatic ring is 1. The molecule has 3 aromatic heterocycles. The van der Waals surface area contributed by atoms with Gasteiger partial charge in [-0.3, -0.25) is 14.7 Å². The zero-order chi connectivity index (χ0) is 20.4. The molecule has 4 rings (SSSR count). The quantitative estimate of drug-likeness (QED) is 0.491. The van der Waals surface area contributed by atoms with Gasteiger partial charge in [0.25, 0.3) is 0 Å². The Balaban J connectivity index is 1.75. The summed E-state index contributed by atoms with van der Waals surface area (Å²) < 4.78 is 8.73. The maximum Gasteiger partial charge on any atom is 0.181 e. The van der Waals surface area contributed by atoms with Crippen molar-refractivity contribution in [2.75, 3.05) is 12.8 Å². The minimum atomic E-state index is 0.526. The number of rotatable bonds is 5. The molecule has 146 valence electrons. The average Bonchev–Trinajstić information content (AvgIpc) is 3.30. The first-order valence-electron chi connectivity index (χ1n) is 8.75. The summed E-state index contributed by atoms with van der Waals surface area (Å²) in [6.45, 7) is 0. The number of allylic oxidation sites excluding steroid dienone is 1. The minimum absolute atomic E-state index is 0.526. The van der Waals surface area contributed by atoms with E-state index in [9.17, 15) is 0 Å². The van der Waals surface area contributed by atoms with E-state index in [2.05, 4.69) is 20.1 Å². The summed E-state index contributed by atoms with van der Waals surface area (Å²) in [7, 11) is 3.55. The first-order chi connectivity index (χ1) is 14.1. The number of anilines is 1. The highest BCUT2D eigenvalue weighted by Crippen LogP contribution is 2.33. The number of aliphatic imine (C=N–C) groups is 1. The molecule has 0 amide bonds. The monoisotopic (exact) mass is 405 g/mol. The van der Waals surface area contributed by atoms with Crippen molar-refractivity contribution in [3.63, 3.8) is 0 Å². The van der Waals surface area contributed by atoms with Gasteiger partial charge in [-0.15, -0.1) is 0 Å². The third-order valence-electron chi connectivity index (χ3n) is 4.21. The molecule has 8 nitrogen and oxygen atoms in total. The van der Waals surface area contributed by atoms with Crippen LogP contribution in [0.5, 0.6) is 11.5 Å². The summed E-state index contributed by atoms with van der Waals surface area (Å²) in [5.74, 6) is 1.25. The topological polar surface area (TPSA) is 117 Å². The predicted molar refractivity (Wildman–Crippen MR) is 117 cm³/mol. The van der Waals surface area contributed by atoms with E-state index in [4.69, 9.17) is 16.2 Å². The lowest BCUT2D eigenvalue weighted by molar-refractivity contribution is 0.481. The molecule has 4 N–H and O–H groups in total. The molecule has 0 atom stereocenters. The largest absolute Gasteiger partial charge is 0.456 e. The van der Waals surface area contributed by atoms with Crippen LogP contribution in [0.15, 0.2) is 54.0 Å². The van der Waals surface area contributed by atoms with Crippen molar-refractivity contribution >= 4 is 38.5 Å². The van der Waals surface area contributed by atoms with Gasteiger partial charge in [0.05, 0.1) is 28.3 Å². The zero-order valence-electron chi connectivity index (χ0n) is 15.9. The van der Waals surface area contributed by atoms with Gasteiger partial charge in [0.15, 0.2) is 5.13 Å². The van der Waals surface area contributed by atoms with Crippen molar-refractivity contribution in [1.82, 2.24) is 19.7 Å². The number of ether oxygens (including phenoxy) is 1. The van der Waals surface area contributed by atoms with E-state index in [1.165, 1.54) is 17.5 Å². The van der Waals surface area contributed by atoms with Crippen molar-refractivity contribution in [2.45, 2.75) is 0 Å². The lowest BCUT2D eigenvalue weighted by Crippen LogP contribution is -1.98. The number of aromatic nitrogens is 4. The fourth-order valence-electron chi connectivity index (χ4n) is 2.96. The normalized spacial score (nSPS) is 12.1. The summed E-state index contributed by atoms with van der Waals surface area (Å²) in [6.07, 6.45) is 8.51. The van der Waals surface area contributed by atoms with E-state index < -0.39 is 0 Å². The van der Waals surface area contributed by atoms with Crippen molar-refractivity contribution in [3.05, 3.63) is 54.6 Å². The molecule has 0 saturated heterocycles. The molecule has 0 aliphatic heterocycles. The first-order valence-corrected chi connectivity index (χ1v) is 9.56. The fraction of sp³-hybridized carbons (Fsp3) is 0.100. The second-order valence-corrected chi connectivity index (χ2v) is 7.33. The van der Waals surface area contributed by atoms with Crippen LogP contribution in [0.2, 0.25) is 0 Å². The van der Waals surface area contributed by atoms with Gasteiger partial charge < -0.3 is 16.2 Å². The van der Waals surface area contributed by atoms with Gasteiger partial charge >= 0.3 is 0 Å². The number of nitrogens with two attached hydrogens (primary N) is 2. The number of pyridine rings is 1. The third-order valence-corrected chi connectivity index (χ3v) is 5.06. The third kappa shape index (κ3) is 3.81.